The van der Waals surface area contributed by atoms with Crippen LogP contribution in [-0.4, -0.2) is 23.1 Å². The number of hydrogen-bond acceptors (Lipinski definition) is 4. The van der Waals surface area contributed by atoms with Gasteiger partial charge in [0, 0.05) is 18.3 Å². The average Bonchev–Trinajstić information content (AvgIpc) is 2.43. The highest BCUT2D eigenvalue weighted by atomic mass is 16.5. The second kappa shape index (κ2) is 6.91. The third-order valence-electron chi connectivity index (χ3n) is 4.02. The lowest BCUT2D eigenvalue weighted by molar-refractivity contribution is 0.233. The van der Waals surface area contributed by atoms with Gasteiger partial charge in [-0.2, -0.15) is 4.98 Å². The molecule has 0 saturated heterocycles. The molecule has 1 aliphatic carbocycles. The molecule has 0 atom stereocenters. The van der Waals surface area contributed by atoms with Gasteiger partial charge in [-0.25, -0.2) is 4.98 Å². The highest BCUT2D eigenvalue weighted by molar-refractivity contribution is 5.31. The van der Waals surface area contributed by atoms with Crippen LogP contribution in [0.3, 0.4) is 0 Å². The zero-order chi connectivity index (χ0) is 14.4. The van der Waals surface area contributed by atoms with E-state index >= 15 is 0 Å². The van der Waals surface area contributed by atoms with E-state index in [9.17, 15) is 0 Å². The number of rotatable bonds is 6. The van der Waals surface area contributed by atoms with E-state index in [-0.39, 0.29) is 0 Å². The van der Waals surface area contributed by atoms with Gasteiger partial charge in [0.15, 0.2) is 0 Å². The highest BCUT2D eigenvalue weighted by Gasteiger charge is 2.26. The molecule has 1 aromatic heterocycles. The number of ether oxygens (including phenoxy) is 1. The van der Waals surface area contributed by atoms with Crippen molar-refractivity contribution in [3.05, 3.63) is 11.8 Å². The van der Waals surface area contributed by atoms with Crippen LogP contribution in [0, 0.1) is 12.3 Å². The molecule has 0 radical (unpaired) electrons. The van der Waals surface area contributed by atoms with E-state index in [1.54, 1.807) is 0 Å². The van der Waals surface area contributed by atoms with E-state index < -0.39 is 0 Å². The van der Waals surface area contributed by atoms with Gasteiger partial charge in [0.25, 0.3) is 0 Å². The van der Waals surface area contributed by atoms with Gasteiger partial charge in [0.2, 0.25) is 11.8 Å². The lowest BCUT2D eigenvalue weighted by Crippen LogP contribution is -2.29. The molecule has 1 heterocycles. The summed E-state index contributed by atoms with van der Waals surface area (Å²) < 4.78 is 5.60. The van der Waals surface area contributed by atoms with Crippen molar-refractivity contribution in [3.8, 4) is 5.88 Å². The highest BCUT2D eigenvalue weighted by Crippen LogP contribution is 2.35. The first-order chi connectivity index (χ1) is 9.61. The molecule has 1 aliphatic rings. The molecule has 20 heavy (non-hydrogen) atoms. The molecule has 0 aromatic carbocycles. The van der Waals surface area contributed by atoms with Gasteiger partial charge >= 0.3 is 0 Å². The molecule has 112 valence electrons. The Morgan fingerprint density at radius 1 is 1.25 bits per heavy atom. The maximum atomic E-state index is 5.60. The molecule has 0 bridgehead atoms. The zero-order valence-corrected chi connectivity index (χ0v) is 13.0. The molecule has 0 spiro atoms. The molecule has 4 nitrogen and oxygen atoms in total. The van der Waals surface area contributed by atoms with E-state index in [0.29, 0.717) is 23.9 Å². The van der Waals surface area contributed by atoms with Crippen molar-refractivity contribution in [1.82, 2.24) is 9.97 Å². The Kier molecular flexibility index (Phi) is 5.21. The number of aryl methyl sites for hydroxylation is 1. The summed E-state index contributed by atoms with van der Waals surface area (Å²) in [6, 6.07) is 1.89. The van der Waals surface area contributed by atoms with Gasteiger partial charge in [-0.3, -0.25) is 0 Å². The number of aromatic nitrogens is 2. The third kappa shape index (κ3) is 4.36. The van der Waals surface area contributed by atoms with Crippen molar-refractivity contribution >= 4 is 5.95 Å². The number of hydrogen-bond donors (Lipinski definition) is 1. The fraction of sp³-hybridized carbons (Fsp3) is 0.750. The molecule has 0 aliphatic heterocycles. The summed E-state index contributed by atoms with van der Waals surface area (Å²) in [6.45, 7) is 8.09. The molecular weight excluding hydrogens is 250 g/mol. The maximum Gasteiger partial charge on any atom is 0.226 e. The largest absolute Gasteiger partial charge is 0.478 e. The lowest BCUT2D eigenvalue weighted by Gasteiger charge is -2.33. The van der Waals surface area contributed by atoms with Crippen LogP contribution in [0.15, 0.2) is 6.07 Å². The lowest BCUT2D eigenvalue weighted by atomic mass is 9.76. The summed E-state index contributed by atoms with van der Waals surface area (Å²) in [5.74, 6) is 1.37. The Bertz CT molecular complexity index is 428. The van der Waals surface area contributed by atoms with Crippen LogP contribution >= 0.6 is 0 Å². The quantitative estimate of drug-likeness (QED) is 0.855. The van der Waals surface area contributed by atoms with Crippen LogP contribution in [0.4, 0.5) is 5.95 Å². The smallest absolute Gasteiger partial charge is 0.226 e. The zero-order valence-electron chi connectivity index (χ0n) is 13.0. The molecule has 1 aromatic rings. The van der Waals surface area contributed by atoms with Crippen molar-refractivity contribution in [2.45, 2.75) is 59.3 Å². The van der Waals surface area contributed by atoms with Crippen LogP contribution in [0.1, 0.15) is 58.1 Å². The number of nitrogens with zero attached hydrogens (tertiary/aromatic N) is 2. The second-order valence-corrected chi connectivity index (χ2v) is 6.24. The minimum absolute atomic E-state index is 0.385. The Morgan fingerprint density at radius 3 is 2.70 bits per heavy atom. The second-order valence-electron chi connectivity index (χ2n) is 6.24. The SMILES string of the molecule is CCCOc1cc(C)nc(NCC2(C)CCCCC2)n1. The van der Waals surface area contributed by atoms with Gasteiger partial charge in [-0.1, -0.05) is 33.1 Å². The number of nitrogens with one attached hydrogen (secondary N) is 1. The molecule has 1 N–H and O–H groups in total. The van der Waals surface area contributed by atoms with E-state index in [2.05, 4.69) is 29.1 Å². The summed E-state index contributed by atoms with van der Waals surface area (Å²) >= 11 is 0. The molecule has 1 fully saturated rings. The molecular formula is C16H27N3O. The van der Waals surface area contributed by atoms with Crippen molar-refractivity contribution in [2.75, 3.05) is 18.5 Å². The minimum Gasteiger partial charge on any atom is -0.478 e. The van der Waals surface area contributed by atoms with Crippen LogP contribution < -0.4 is 10.1 Å². The first-order valence-corrected chi connectivity index (χ1v) is 7.84. The fourth-order valence-corrected chi connectivity index (χ4v) is 2.77. The summed E-state index contributed by atoms with van der Waals surface area (Å²) in [6.07, 6.45) is 7.65. The molecule has 1 saturated carbocycles. The molecule has 0 unspecified atom stereocenters. The first-order valence-electron chi connectivity index (χ1n) is 7.84. The van der Waals surface area contributed by atoms with E-state index in [1.807, 2.05) is 13.0 Å². The standard InChI is InChI=1S/C16H27N3O/c1-4-10-20-14-11-13(2)18-15(19-14)17-12-16(3)8-6-5-7-9-16/h11H,4-10,12H2,1-3H3,(H,17,18,19). The predicted octanol–water partition coefficient (Wildman–Crippen LogP) is 3.96. The number of anilines is 1. The van der Waals surface area contributed by atoms with Crippen molar-refractivity contribution in [3.63, 3.8) is 0 Å². The van der Waals surface area contributed by atoms with E-state index in [4.69, 9.17) is 4.74 Å². The Balaban J connectivity index is 1.96. The predicted molar refractivity (Wildman–Crippen MR) is 82.2 cm³/mol. The first kappa shape index (κ1) is 15.1. The minimum atomic E-state index is 0.385. The topological polar surface area (TPSA) is 47.0 Å². The molecule has 0 amide bonds. The third-order valence-corrected chi connectivity index (χ3v) is 4.02. The summed E-state index contributed by atoms with van der Waals surface area (Å²) in [5, 5.41) is 3.41. The van der Waals surface area contributed by atoms with Crippen LogP contribution in [0.5, 0.6) is 5.88 Å². The monoisotopic (exact) mass is 277 g/mol. The maximum absolute atomic E-state index is 5.60. The van der Waals surface area contributed by atoms with Crippen LogP contribution in [-0.2, 0) is 0 Å². The van der Waals surface area contributed by atoms with Gasteiger partial charge < -0.3 is 10.1 Å². The Hall–Kier alpha value is -1.32. The van der Waals surface area contributed by atoms with Gasteiger partial charge in [-0.15, -0.1) is 0 Å². The van der Waals surface area contributed by atoms with E-state index in [0.717, 1.165) is 18.7 Å². The van der Waals surface area contributed by atoms with Crippen molar-refractivity contribution in [2.24, 2.45) is 5.41 Å². The average molecular weight is 277 g/mol. The summed E-state index contributed by atoms with van der Waals surface area (Å²) in [4.78, 5) is 8.90. The van der Waals surface area contributed by atoms with Crippen LogP contribution in [0.2, 0.25) is 0 Å². The van der Waals surface area contributed by atoms with Gasteiger partial charge in [-0.05, 0) is 31.6 Å². The van der Waals surface area contributed by atoms with Crippen molar-refractivity contribution < 1.29 is 4.74 Å². The molecule has 2 rings (SSSR count). The van der Waals surface area contributed by atoms with Crippen molar-refractivity contribution in [1.29, 1.82) is 0 Å². The normalized spacial score (nSPS) is 17.8. The Morgan fingerprint density at radius 2 is 2.00 bits per heavy atom. The van der Waals surface area contributed by atoms with E-state index in [1.165, 1.54) is 32.1 Å². The summed E-state index contributed by atoms with van der Waals surface area (Å²) in [5.41, 5.74) is 1.33. The summed E-state index contributed by atoms with van der Waals surface area (Å²) in [7, 11) is 0. The Labute approximate surface area is 122 Å². The van der Waals surface area contributed by atoms with Gasteiger partial charge in [0.1, 0.15) is 0 Å². The van der Waals surface area contributed by atoms with Crippen LogP contribution in [0.25, 0.3) is 0 Å². The fourth-order valence-electron chi connectivity index (χ4n) is 2.77. The van der Waals surface area contributed by atoms with Gasteiger partial charge in [0.05, 0.1) is 6.61 Å². The molecule has 4 heteroatoms.